The molecule has 1 aliphatic heterocycles. The molecule has 1 aromatic carbocycles. The van der Waals surface area contributed by atoms with Crippen molar-refractivity contribution in [2.24, 2.45) is 0 Å². The molecule has 0 saturated carbocycles. The number of rotatable bonds is 4. The van der Waals surface area contributed by atoms with Crippen LogP contribution in [0, 0.1) is 10.1 Å². The van der Waals surface area contributed by atoms with E-state index >= 15 is 0 Å². The zero-order chi connectivity index (χ0) is 14.7. The molecule has 1 aromatic rings. The van der Waals surface area contributed by atoms with E-state index in [0.717, 1.165) is 0 Å². The number of hydrogen-bond acceptors (Lipinski definition) is 5. The first-order chi connectivity index (χ1) is 9.50. The number of amides is 1. The molecule has 0 aromatic heterocycles. The van der Waals surface area contributed by atoms with Crippen molar-refractivity contribution in [1.29, 1.82) is 0 Å². The second-order valence-corrected chi connectivity index (χ2v) is 5.28. The van der Waals surface area contributed by atoms with Crippen molar-refractivity contribution in [1.82, 2.24) is 4.90 Å². The fourth-order valence-corrected chi connectivity index (χ4v) is 3.17. The number of benzene rings is 1. The number of nitro groups is 1. The molecule has 0 aliphatic carbocycles. The highest BCUT2D eigenvalue weighted by atomic mass is 32.2. The molecule has 1 heterocycles. The van der Waals surface area contributed by atoms with Crippen LogP contribution >= 0.6 is 11.8 Å². The molecule has 1 fully saturated rings. The normalized spacial score (nSPS) is 18.0. The molecule has 1 amide bonds. The lowest BCUT2D eigenvalue weighted by Gasteiger charge is -2.20. The predicted molar refractivity (Wildman–Crippen MR) is 72.4 cm³/mol. The molecule has 1 atom stereocenters. The molecular formula is C12H12N2O5S. The van der Waals surface area contributed by atoms with Gasteiger partial charge < -0.3 is 10.0 Å². The molecule has 106 valence electrons. The van der Waals surface area contributed by atoms with E-state index in [4.69, 9.17) is 5.11 Å². The second-order valence-electron chi connectivity index (χ2n) is 4.28. The van der Waals surface area contributed by atoms with E-state index < -0.39 is 22.8 Å². The van der Waals surface area contributed by atoms with Gasteiger partial charge in [0.2, 0.25) is 5.91 Å². The van der Waals surface area contributed by atoms with Crippen LogP contribution in [0.15, 0.2) is 24.3 Å². The smallest absolute Gasteiger partial charge is 0.327 e. The van der Waals surface area contributed by atoms with Crippen LogP contribution in [0.4, 0.5) is 5.69 Å². The fraction of sp³-hybridized carbons (Fsp3) is 0.333. The van der Waals surface area contributed by atoms with E-state index in [0.29, 0.717) is 17.2 Å². The number of carboxylic acid groups (broad SMARTS) is 1. The Kier molecular flexibility index (Phi) is 4.23. The predicted octanol–water partition coefficient (Wildman–Crippen LogP) is 1.12. The molecule has 0 bridgehead atoms. The van der Waals surface area contributed by atoms with Crippen LogP contribution in [0.1, 0.15) is 5.56 Å². The Bertz CT molecular complexity index is 563. The summed E-state index contributed by atoms with van der Waals surface area (Å²) in [6.07, 6.45) is -0.165. The van der Waals surface area contributed by atoms with E-state index in [-0.39, 0.29) is 12.1 Å². The number of carbonyl (C=O) groups is 2. The van der Waals surface area contributed by atoms with Crippen LogP contribution in [0.2, 0.25) is 0 Å². The van der Waals surface area contributed by atoms with E-state index in [1.54, 1.807) is 6.07 Å². The first-order valence-electron chi connectivity index (χ1n) is 5.83. The Hall–Kier alpha value is -2.09. The summed E-state index contributed by atoms with van der Waals surface area (Å²) in [6, 6.07) is 5.13. The summed E-state index contributed by atoms with van der Waals surface area (Å²) in [6.45, 7) is 0. The lowest BCUT2D eigenvalue weighted by atomic mass is 10.1. The van der Waals surface area contributed by atoms with E-state index in [1.807, 2.05) is 0 Å². The van der Waals surface area contributed by atoms with Gasteiger partial charge in [-0.05, 0) is 0 Å². The van der Waals surface area contributed by atoms with Crippen molar-refractivity contribution >= 4 is 29.3 Å². The third kappa shape index (κ3) is 2.90. The largest absolute Gasteiger partial charge is 0.480 e. The molecule has 1 N–H and O–H groups in total. The summed E-state index contributed by atoms with van der Waals surface area (Å²) < 4.78 is 0. The summed E-state index contributed by atoms with van der Waals surface area (Å²) in [5.41, 5.74) is 0.170. The zero-order valence-corrected chi connectivity index (χ0v) is 11.2. The lowest BCUT2D eigenvalue weighted by Crippen LogP contribution is -2.42. The number of hydrogen-bond donors (Lipinski definition) is 1. The van der Waals surface area contributed by atoms with Gasteiger partial charge in [-0.25, -0.2) is 4.79 Å². The van der Waals surface area contributed by atoms with Crippen molar-refractivity contribution in [3.63, 3.8) is 0 Å². The van der Waals surface area contributed by atoms with Gasteiger partial charge in [0.25, 0.3) is 5.69 Å². The van der Waals surface area contributed by atoms with Gasteiger partial charge in [0.05, 0.1) is 17.2 Å². The van der Waals surface area contributed by atoms with E-state index in [9.17, 15) is 19.7 Å². The highest BCUT2D eigenvalue weighted by Crippen LogP contribution is 2.24. The molecule has 20 heavy (non-hydrogen) atoms. The molecular weight excluding hydrogens is 284 g/mol. The van der Waals surface area contributed by atoms with Gasteiger partial charge in [-0.3, -0.25) is 14.9 Å². The van der Waals surface area contributed by atoms with Crippen molar-refractivity contribution in [2.45, 2.75) is 12.5 Å². The van der Waals surface area contributed by atoms with Crippen molar-refractivity contribution in [2.75, 3.05) is 11.6 Å². The molecule has 2 rings (SSSR count). The molecule has 1 saturated heterocycles. The highest BCUT2D eigenvalue weighted by Gasteiger charge is 2.34. The number of aliphatic carboxylic acids is 1. The van der Waals surface area contributed by atoms with Crippen molar-refractivity contribution < 1.29 is 19.6 Å². The number of para-hydroxylation sites is 1. The Balaban J connectivity index is 2.16. The molecule has 0 unspecified atom stereocenters. The minimum Gasteiger partial charge on any atom is -0.480 e. The third-order valence-corrected chi connectivity index (χ3v) is 4.03. The molecule has 0 spiro atoms. The number of carbonyl (C=O) groups excluding carboxylic acids is 1. The first-order valence-corrected chi connectivity index (χ1v) is 6.98. The quantitative estimate of drug-likeness (QED) is 0.660. The minimum atomic E-state index is -1.05. The first kappa shape index (κ1) is 14.3. The van der Waals surface area contributed by atoms with Crippen LogP contribution < -0.4 is 0 Å². The van der Waals surface area contributed by atoms with E-state index in [2.05, 4.69) is 0 Å². The number of carboxylic acids is 1. The molecule has 8 heteroatoms. The van der Waals surface area contributed by atoms with Crippen LogP contribution in [0.25, 0.3) is 0 Å². The maximum Gasteiger partial charge on any atom is 0.327 e. The minimum absolute atomic E-state index is 0.125. The van der Waals surface area contributed by atoms with Gasteiger partial charge in [0.15, 0.2) is 0 Å². The van der Waals surface area contributed by atoms with Gasteiger partial charge in [-0.1, -0.05) is 18.2 Å². The fourth-order valence-electron chi connectivity index (χ4n) is 2.00. The SMILES string of the molecule is O=C(O)[C@@H]1CSCN1C(=O)Cc1ccccc1[N+](=O)[O-]. The number of nitro benzene ring substituents is 1. The third-order valence-electron chi connectivity index (χ3n) is 3.02. The standard InChI is InChI=1S/C12H12N2O5S/c15-11(13-7-20-6-10(13)12(16)17)5-8-3-1-2-4-9(8)14(18)19/h1-4,10H,5-7H2,(H,16,17)/t10-/m0/s1. The average molecular weight is 296 g/mol. The van der Waals surface area contributed by atoms with Crippen molar-refractivity contribution in [3.05, 3.63) is 39.9 Å². The second kappa shape index (κ2) is 5.91. The van der Waals surface area contributed by atoms with E-state index in [1.165, 1.54) is 34.9 Å². The Morgan fingerprint density at radius 1 is 1.45 bits per heavy atom. The summed E-state index contributed by atoms with van der Waals surface area (Å²) in [4.78, 5) is 34.7. The monoisotopic (exact) mass is 296 g/mol. The molecule has 7 nitrogen and oxygen atoms in total. The molecule has 0 radical (unpaired) electrons. The Morgan fingerprint density at radius 3 is 2.80 bits per heavy atom. The topological polar surface area (TPSA) is 101 Å². The maximum atomic E-state index is 12.1. The van der Waals surface area contributed by atoms with Crippen LogP contribution in [0.3, 0.4) is 0 Å². The van der Waals surface area contributed by atoms with Crippen LogP contribution in [-0.2, 0) is 16.0 Å². The average Bonchev–Trinajstić information content (AvgIpc) is 2.88. The van der Waals surface area contributed by atoms with Crippen molar-refractivity contribution in [3.8, 4) is 0 Å². The van der Waals surface area contributed by atoms with Gasteiger partial charge in [0, 0.05) is 17.4 Å². The summed E-state index contributed by atoms with van der Waals surface area (Å²) in [5.74, 6) is -0.809. The van der Waals surface area contributed by atoms with Crippen LogP contribution in [-0.4, -0.2) is 44.5 Å². The molecule has 1 aliphatic rings. The van der Waals surface area contributed by atoms with Gasteiger partial charge in [-0.2, -0.15) is 0 Å². The van der Waals surface area contributed by atoms with Gasteiger partial charge >= 0.3 is 5.97 Å². The lowest BCUT2D eigenvalue weighted by molar-refractivity contribution is -0.385. The van der Waals surface area contributed by atoms with Gasteiger partial charge in [-0.15, -0.1) is 11.8 Å². The highest BCUT2D eigenvalue weighted by molar-refractivity contribution is 7.99. The Morgan fingerprint density at radius 2 is 2.15 bits per heavy atom. The zero-order valence-electron chi connectivity index (χ0n) is 10.4. The summed E-state index contributed by atoms with van der Waals surface area (Å²) in [5, 5.41) is 19.9. The number of nitrogens with zero attached hydrogens (tertiary/aromatic N) is 2. The summed E-state index contributed by atoms with van der Waals surface area (Å²) >= 11 is 1.36. The number of thioether (sulfide) groups is 1. The van der Waals surface area contributed by atoms with Crippen LogP contribution in [0.5, 0.6) is 0 Å². The maximum absolute atomic E-state index is 12.1. The Labute approximate surface area is 118 Å². The van der Waals surface area contributed by atoms with Gasteiger partial charge in [0.1, 0.15) is 6.04 Å². The summed E-state index contributed by atoms with van der Waals surface area (Å²) in [7, 11) is 0.